The molecule has 0 spiro atoms. The smallest absolute Gasteiger partial charge is 0.261 e. The molecular weight excluding hydrogens is 202 g/mol. The molecule has 1 heterocycles. The monoisotopic (exact) mass is 209 g/mol. The molecule has 0 aliphatic carbocycles. The largest absolute Gasteiger partial charge is 0.365 e. The van der Waals surface area contributed by atoms with Gasteiger partial charge in [0.2, 0.25) is 0 Å². The van der Waals surface area contributed by atoms with Gasteiger partial charge >= 0.3 is 0 Å². The summed E-state index contributed by atoms with van der Waals surface area (Å²) >= 11 is 5.89. The number of halogens is 1. The van der Waals surface area contributed by atoms with Crippen molar-refractivity contribution in [2.75, 3.05) is 5.73 Å². The molecule has 5 heteroatoms. The van der Waals surface area contributed by atoms with Crippen LogP contribution in [-0.2, 0) is 0 Å². The van der Waals surface area contributed by atoms with E-state index < -0.39 is 0 Å². The average molecular weight is 210 g/mol. The molecule has 0 saturated heterocycles. The molecule has 2 aromatic rings. The fourth-order valence-corrected chi connectivity index (χ4v) is 1.50. The predicted molar refractivity (Wildman–Crippen MR) is 53.9 cm³/mol. The van der Waals surface area contributed by atoms with Gasteiger partial charge in [0.05, 0.1) is 0 Å². The fraction of sp³-hybridized carbons (Fsp3) is 0.111. The van der Waals surface area contributed by atoms with E-state index in [0.29, 0.717) is 10.9 Å². The van der Waals surface area contributed by atoms with E-state index in [1.807, 2.05) is 19.1 Å². The third-order valence-corrected chi connectivity index (χ3v) is 1.95. The summed E-state index contributed by atoms with van der Waals surface area (Å²) in [6.45, 7) is 1.94. The molecule has 1 aromatic heterocycles. The summed E-state index contributed by atoms with van der Waals surface area (Å²) < 4.78 is 4.92. The molecule has 1 aromatic carbocycles. The lowest BCUT2D eigenvalue weighted by Crippen LogP contribution is -1.86. The van der Waals surface area contributed by atoms with Crippen LogP contribution >= 0.6 is 11.6 Å². The predicted octanol–water partition coefficient (Wildman–Crippen LogP) is 2.28. The number of hydrogen-bond donors (Lipinski definition) is 1. The second-order valence-corrected chi connectivity index (χ2v) is 3.41. The minimum absolute atomic E-state index is 0.123. The summed E-state index contributed by atoms with van der Waals surface area (Å²) in [5.41, 5.74) is 7.15. The molecule has 2 rings (SSSR count). The highest BCUT2D eigenvalue weighted by Crippen LogP contribution is 2.23. The Labute approximate surface area is 85.7 Å². The maximum absolute atomic E-state index is 5.89. The number of anilines is 1. The van der Waals surface area contributed by atoms with E-state index >= 15 is 0 Å². The first kappa shape index (κ1) is 9.02. The highest BCUT2D eigenvalue weighted by molar-refractivity contribution is 6.30. The van der Waals surface area contributed by atoms with Crippen molar-refractivity contribution in [1.82, 2.24) is 10.1 Å². The molecule has 0 radical (unpaired) electrons. The summed E-state index contributed by atoms with van der Waals surface area (Å²) in [7, 11) is 0. The van der Waals surface area contributed by atoms with Crippen LogP contribution < -0.4 is 5.73 Å². The zero-order valence-electron chi connectivity index (χ0n) is 7.49. The van der Waals surface area contributed by atoms with E-state index in [0.717, 1.165) is 11.1 Å². The SMILES string of the molecule is Cc1cc(Cl)cc(-c2nc(N)no2)c1. The summed E-state index contributed by atoms with van der Waals surface area (Å²) in [5, 5.41) is 4.14. The average Bonchev–Trinajstić information content (AvgIpc) is 2.50. The Morgan fingerprint density at radius 3 is 2.71 bits per heavy atom. The van der Waals surface area contributed by atoms with E-state index in [4.69, 9.17) is 21.9 Å². The maximum Gasteiger partial charge on any atom is 0.261 e. The van der Waals surface area contributed by atoms with Crippen molar-refractivity contribution in [1.29, 1.82) is 0 Å². The molecule has 0 bridgehead atoms. The van der Waals surface area contributed by atoms with E-state index in [1.54, 1.807) is 6.07 Å². The van der Waals surface area contributed by atoms with E-state index in [1.165, 1.54) is 0 Å². The van der Waals surface area contributed by atoms with Crippen LogP contribution in [0.25, 0.3) is 11.5 Å². The van der Waals surface area contributed by atoms with Gasteiger partial charge in [-0.1, -0.05) is 11.6 Å². The first-order chi connectivity index (χ1) is 6.65. The van der Waals surface area contributed by atoms with Crippen LogP contribution in [0.15, 0.2) is 22.7 Å². The van der Waals surface area contributed by atoms with Crippen molar-refractivity contribution in [3.63, 3.8) is 0 Å². The zero-order valence-corrected chi connectivity index (χ0v) is 8.25. The number of rotatable bonds is 1. The van der Waals surface area contributed by atoms with Crippen LogP contribution in [0.1, 0.15) is 5.56 Å². The van der Waals surface area contributed by atoms with Gasteiger partial charge in [0.15, 0.2) is 0 Å². The maximum atomic E-state index is 5.89. The summed E-state index contributed by atoms with van der Waals surface area (Å²) in [6.07, 6.45) is 0. The molecule has 14 heavy (non-hydrogen) atoms. The lowest BCUT2D eigenvalue weighted by molar-refractivity contribution is 0.433. The summed E-state index contributed by atoms with van der Waals surface area (Å²) in [4.78, 5) is 3.90. The van der Waals surface area contributed by atoms with Gasteiger partial charge in [0.25, 0.3) is 11.8 Å². The molecular formula is C9H8ClN3O. The van der Waals surface area contributed by atoms with Gasteiger partial charge in [0.1, 0.15) is 0 Å². The minimum Gasteiger partial charge on any atom is -0.365 e. The number of hydrogen-bond acceptors (Lipinski definition) is 4. The fourth-order valence-electron chi connectivity index (χ4n) is 1.21. The quantitative estimate of drug-likeness (QED) is 0.783. The standard InChI is InChI=1S/C9H8ClN3O/c1-5-2-6(4-7(10)3-5)8-12-9(11)13-14-8/h2-4H,1H3,(H2,11,13). The Balaban J connectivity index is 2.51. The van der Waals surface area contributed by atoms with Crippen LogP contribution in [-0.4, -0.2) is 10.1 Å². The van der Waals surface area contributed by atoms with Crippen LogP contribution in [0.4, 0.5) is 5.95 Å². The van der Waals surface area contributed by atoms with Crippen LogP contribution in [0, 0.1) is 6.92 Å². The molecule has 0 amide bonds. The summed E-state index contributed by atoms with van der Waals surface area (Å²) in [5.74, 6) is 0.505. The second-order valence-electron chi connectivity index (χ2n) is 2.97. The van der Waals surface area contributed by atoms with Gasteiger partial charge in [-0.2, -0.15) is 4.98 Å². The molecule has 0 aliphatic heterocycles. The number of nitrogens with two attached hydrogens (primary N) is 1. The molecule has 72 valence electrons. The van der Waals surface area contributed by atoms with Gasteiger partial charge in [-0.25, -0.2) is 0 Å². The van der Waals surface area contributed by atoms with E-state index in [-0.39, 0.29) is 5.95 Å². The Bertz CT molecular complexity index is 447. The van der Waals surface area contributed by atoms with Crippen LogP contribution in [0.2, 0.25) is 5.02 Å². The molecule has 0 saturated carbocycles. The first-order valence-electron chi connectivity index (χ1n) is 4.02. The van der Waals surface area contributed by atoms with Crippen molar-refractivity contribution in [2.24, 2.45) is 0 Å². The Hall–Kier alpha value is -1.55. The van der Waals surface area contributed by atoms with Crippen molar-refractivity contribution in [3.8, 4) is 11.5 Å². The van der Waals surface area contributed by atoms with Crippen molar-refractivity contribution in [2.45, 2.75) is 6.92 Å². The topological polar surface area (TPSA) is 64.9 Å². The lowest BCUT2D eigenvalue weighted by atomic mass is 10.1. The second kappa shape index (κ2) is 3.31. The van der Waals surface area contributed by atoms with Gasteiger partial charge < -0.3 is 10.3 Å². The minimum atomic E-state index is 0.123. The molecule has 0 aliphatic rings. The number of aryl methyl sites for hydroxylation is 1. The summed E-state index contributed by atoms with van der Waals surface area (Å²) in [6, 6.07) is 5.51. The van der Waals surface area contributed by atoms with Gasteiger partial charge in [-0.3, -0.25) is 0 Å². The van der Waals surface area contributed by atoms with E-state index in [9.17, 15) is 0 Å². The number of nitrogens with zero attached hydrogens (tertiary/aromatic N) is 2. The number of benzene rings is 1. The number of aromatic nitrogens is 2. The van der Waals surface area contributed by atoms with Gasteiger partial charge in [0, 0.05) is 10.6 Å². The third-order valence-electron chi connectivity index (χ3n) is 1.73. The van der Waals surface area contributed by atoms with Gasteiger partial charge in [-0.05, 0) is 35.8 Å². The lowest BCUT2D eigenvalue weighted by Gasteiger charge is -1.97. The third kappa shape index (κ3) is 1.70. The van der Waals surface area contributed by atoms with Crippen molar-refractivity contribution >= 4 is 17.5 Å². The Morgan fingerprint density at radius 1 is 1.36 bits per heavy atom. The van der Waals surface area contributed by atoms with Crippen molar-refractivity contribution in [3.05, 3.63) is 28.8 Å². The van der Waals surface area contributed by atoms with E-state index in [2.05, 4.69) is 10.1 Å². The first-order valence-corrected chi connectivity index (χ1v) is 4.40. The highest BCUT2D eigenvalue weighted by Gasteiger charge is 2.07. The molecule has 4 nitrogen and oxygen atoms in total. The highest BCUT2D eigenvalue weighted by atomic mass is 35.5. The molecule has 0 fully saturated rings. The Morgan fingerprint density at radius 2 is 2.14 bits per heavy atom. The number of nitrogen functional groups attached to an aromatic ring is 1. The normalized spacial score (nSPS) is 10.4. The molecule has 0 unspecified atom stereocenters. The van der Waals surface area contributed by atoms with Crippen LogP contribution in [0.3, 0.4) is 0 Å². The molecule has 0 atom stereocenters. The van der Waals surface area contributed by atoms with Crippen molar-refractivity contribution < 1.29 is 4.52 Å². The Kier molecular flexibility index (Phi) is 2.13. The van der Waals surface area contributed by atoms with Gasteiger partial charge in [-0.15, -0.1) is 0 Å². The molecule has 2 N–H and O–H groups in total. The zero-order chi connectivity index (χ0) is 10.1. The van der Waals surface area contributed by atoms with Crippen LogP contribution in [0.5, 0.6) is 0 Å².